The maximum Gasteiger partial charge on any atom is 0.313 e. The molecule has 0 aliphatic rings. The van der Waals surface area contributed by atoms with Gasteiger partial charge in [0.1, 0.15) is 0 Å². The molecule has 1 aromatic rings. The number of hydrogen-bond donors (Lipinski definition) is 0. The van der Waals surface area contributed by atoms with Crippen molar-refractivity contribution in [3.05, 3.63) is 35.9 Å². The molecule has 1 aromatic carbocycles. The summed E-state index contributed by atoms with van der Waals surface area (Å²) in [4.78, 5) is 12.0. The minimum Gasteiger partial charge on any atom is -0.465 e. The third-order valence-electron chi connectivity index (χ3n) is 3.14. The molecular formula is C16H24O2. The van der Waals surface area contributed by atoms with Crippen molar-refractivity contribution in [1.29, 1.82) is 0 Å². The Morgan fingerprint density at radius 1 is 1.11 bits per heavy atom. The number of unbranched alkanes of at least 4 members (excludes halogenated alkanes) is 3. The van der Waals surface area contributed by atoms with Crippen molar-refractivity contribution in [3.63, 3.8) is 0 Å². The van der Waals surface area contributed by atoms with Crippen LogP contribution in [0.1, 0.15) is 57.4 Å². The SMILES string of the molecule is CCCCCCOC(=O)[C@H](CC)c1ccccc1. The van der Waals surface area contributed by atoms with Crippen LogP contribution in [0.15, 0.2) is 30.3 Å². The molecule has 0 heterocycles. The zero-order valence-corrected chi connectivity index (χ0v) is 11.5. The maximum atomic E-state index is 12.0. The van der Waals surface area contributed by atoms with E-state index in [9.17, 15) is 4.79 Å². The standard InChI is InChI=1S/C16H24O2/c1-3-5-6-10-13-18-16(17)15(4-2)14-11-8-7-9-12-14/h7-9,11-12,15H,3-6,10,13H2,1-2H3/t15-/m1/s1. The van der Waals surface area contributed by atoms with Crippen molar-refractivity contribution in [2.24, 2.45) is 0 Å². The highest BCUT2D eigenvalue weighted by atomic mass is 16.5. The van der Waals surface area contributed by atoms with Crippen molar-refractivity contribution in [2.75, 3.05) is 6.61 Å². The fraction of sp³-hybridized carbons (Fsp3) is 0.562. The average Bonchev–Trinajstić information content (AvgIpc) is 2.40. The Hall–Kier alpha value is -1.31. The number of esters is 1. The van der Waals surface area contributed by atoms with Crippen LogP contribution >= 0.6 is 0 Å². The molecule has 0 aliphatic carbocycles. The molecule has 2 nitrogen and oxygen atoms in total. The van der Waals surface area contributed by atoms with Gasteiger partial charge in [-0.3, -0.25) is 4.79 Å². The van der Waals surface area contributed by atoms with Gasteiger partial charge in [-0.1, -0.05) is 63.4 Å². The molecule has 0 radical (unpaired) electrons. The molecule has 0 aromatic heterocycles. The third-order valence-corrected chi connectivity index (χ3v) is 3.14. The summed E-state index contributed by atoms with van der Waals surface area (Å²) in [6.07, 6.45) is 5.33. The average molecular weight is 248 g/mol. The van der Waals surface area contributed by atoms with Crippen molar-refractivity contribution >= 4 is 5.97 Å². The van der Waals surface area contributed by atoms with E-state index in [4.69, 9.17) is 4.74 Å². The highest BCUT2D eigenvalue weighted by Gasteiger charge is 2.19. The smallest absolute Gasteiger partial charge is 0.313 e. The van der Waals surface area contributed by atoms with Gasteiger partial charge < -0.3 is 4.74 Å². The number of ether oxygens (including phenoxy) is 1. The molecule has 0 N–H and O–H groups in total. The minimum absolute atomic E-state index is 0.0831. The van der Waals surface area contributed by atoms with Gasteiger partial charge in [0.05, 0.1) is 12.5 Å². The molecule has 0 saturated heterocycles. The Balaban J connectivity index is 2.39. The summed E-state index contributed by atoms with van der Waals surface area (Å²) in [5.74, 6) is -0.197. The molecule has 1 rings (SSSR count). The van der Waals surface area contributed by atoms with Crippen LogP contribution < -0.4 is 0 Å². The lowest BCUT2D eigenvalue weighted by Gasteiger charge is -2.14. The first-order valence-corrected chi connectivity index (χ1v) is 7.01. The number of carbonyl (C=O) groups is 1. The second-order valence-corrected chi connectivity index (χ2v) is 4.60. The van der Waals surface area contributed by atoms with Gasteiger partial charge in [0.15, 0.2) is 0 Å². The van der Waals surface area contributed by atoms with Gasteiger partial charge in [0.2, 0.25) is 0 Å². The van der Waals surface area contributed by atoms with Gasteiger partial charge in [-0.15, -0.1) is 0 Å². The minimum atomic E-state index is -0.114. The molecule has 0 bridgehead atoms. The quantitative estimate of drug-likeness (QED) is 0.506. The summed E-state index contributed by atoms with van der Waals surface area (Å²) in [5, 5.41) is 0. The molecule has 0 spiro atoms. The van der Waals surface area contributed by atoms with Gasteiger partial charge in [0, 0.05) is 0 Å². The van der Waals surface area contributed by atoms with Crippen LogP contribution in [0.2, 0.25) is 0 Å². The van der Waals surface area contributed by atoms with E-state index >= 15 is 0 Å². The molecule has 1 atom stereocenters. The van der Waals surface area contributed by atoms with Crippen LogP contribution in [0.3, 0.4) is 0 Å². The molecule has 100 valence electrons. The predicted molar refractivity (Wildman–Crippen MR) is 74.6 cm³/mol. The van der Waals surface area contributed by atoms with E-state index in [1.54, 1.807) is 0 Å². The van der Waals surface area contributed by atoms with Gasteiger partial charge in [-0.05, 0) is 18.4 Å². The molecule has 0 saturated carbocycles. The summed E-state index contributed by atoms with van der Waals surface area (Å²) in [7, 11) is 0. The predicted octanol–water partition coefficient (Wildman–Crippen LogP) is 4.30. The highest BCUT2D eigenvalue weighted by molar-refractivity contribution is 5.78. The van der Waals surface area contributed by atoms with E-state index in [0.717, 1.165) is 24.8 Å². The lowest BCUT2D eigenvalue weighted by atomic mass is 9.97. The maximum absolute atomic E-state index is 12.0. The van der Waals surface area contributed by atoms with Crippen molar-refractivity contribution in [1.82, 2.24) is 0 Å². The van der Waals surface area contributed by atoms with Crippen molar-refractivity contribution in [3.8, 4) is 0 Å². The normalized spacial score (nSPS) is 12.1. The summed E-state index contributed by atoms with van der Waals surface area (Å²) in [5.41, 5.74) is 1.05. The Morgan fingerprint density at radius 3 is 2.44 bits per heavy atom. The summed E-state index contributed by atoms with van der Waals surface area (Å²) >= 11 is 0. The van der Waals surface area contributed by atoms with E-state index in [0.29, 0.717) is 6.61 Å². The zero-order chi connectivity index (χ0) is 13.2. The fourth-order valence-corrected chi connectivity index (χ4v) is 2.03. The van der Waals surface area contributed by atoms with Gasteiger partial charge in [0.25, 0.3) is 0 Å². The number of benzene rings is 1. The van der Waals surface area contributed by atoms with E-state index < -0.39 is 0 Å². The number of carbonyl (C=O) groups excluding carboxylic acids is 1. The molecule has 2 heteroatoms. The van der Waals surface area contributed by atoms with Crippen LogP contribution in [-0.2, 0) is 9.53 Å². The Morgan fingerprint density at radius 2 is 1.83 bits per heavy atom. The lowest BCUT2D eigenvalue weighted by molar-refractivity contribution is -0.145. The lowest BCUT2D eigenvalue weighted by Crippen LogP contribution is -2.16. The molecule has 0 fully saturated rings. The van der Waals surface area contributed by atoms with E-state index in [1.165, 1.54) is 12.8 Å². The first-order chi connectivity index (χ1) is 8.79. The Bertz CT molecular complexity index is 332. The second-order valence-electron chi connectivity index (χ2n) is 4.60. The first-order valence-electron chi connectivity index (χ1n) is 7.01. The Labute approximate surface area is 110 Å². The second kappa shape index (κ2) is 8.73. The van der Waals surface area contributed by atoms with Gasteiger partial charge in [-0.25, -0.2) is 0 Å². The zero-order valence-electron chi connectivity index (χ0n) is 11.5. The Kier molecular flexibility index (Phi) is 7.16. The monoisotopic (exact) mass is 248 g/mol. The highest BCUT2D eigenvalue weighted by Crippen LogP contribution is 2.20. The summed E-state index contributed by atoms with van der Waals surface area (Å²) in [6, 6.07) is 9.88. The van der Waals surface area contributed by atoms with Crippen LogP contribution in [0.25, 0.3) is 0 Å². The topological polar surface area (TPSA) is 26.3 Å². The third kappa shape index (κ3) is 4.91. The van der Waals surface area contributed by atoms with Crippen molar-refractivity contribution < 1.29 is 9.53 Å². The molecule has 18 heavy (non-hydrogen) atoms. The van der Waals surface area contributed by atoms with Gasteiger partial charge in [-0.2, -0.15) is 0 Å². The van der Waals surface area contributed by atoms with Crippen LogP contribution in [-0.4, -0.2) is 12.6 Å². The van der Waals surface area contributed by atoms with E-state index in [2.05, 4.69) is 6.92 Å². The number of hydrogen-bond acceptors (Lipinski definition) is 2. The molecule has 0 unspecified atom stereocenters. The van der Waals surface area contributed by atoms with Crippen molar-refractivity contribution in [2.45, 2.75) is 51.9 Å². The van der Waals surface area contributed by atoms with Crippen LogP contribution in [0.5, 0.6) is 0 Å². The first kappa shape index (κ1) is 14.7. The fourth-order valence-electron chi connectivity index (χ4n) is 2.03. The van der Waals surface area contributed by atoms with E-state index in [1.807, 2.05) is 37.3 Å². The van der Waals surface area contributed by atoms with E-state index in [-0.39, 0.29) is 11.9 Å². The number of rotatable bonds is 8. The largest absolute Gasteiger partial charge is 0.465 e. The van der Waals surface area contributed by atoms with Crippen LogP contribution in [0, 0.1) is 0 Å². The summed E-state index contributed by atoms with van der Waals surface area (Å²) < 4.78 is 5.36. The molecule has 0 amide bonds. The molecular weight excluding hydrogens is 224 g/mol. The van der Waals surface area contributed by atoms with Gasteiger partial charge >= 0.3 is 5.97 Å². The van der Waals surface area contributed by atoms with Crippen LogP contribution in [0.4, 0.5) is 0 Å². The summed E-state index contributed by atoms with van der Waals surface area (Å²) in [6.45, 7) is 4.76. The molecule has 0 aliphatic heterocycles.